The molecule has 0 bridgehead atoms. The molecule has 1 fully saturated rings. The summed E-state index contributed by atoms with van der Waals surface area (Å²) in [5.41, 5.74) is 1.15. The topological polar surface area (TPSA) is 67.2 Å². The fourth-order valence-corrected chi connectivity index (χ4v) is 3.19. The number of nitrogens with one attached hydrogen (secondary N) is 1. The van der Waals surface area contributed by atoms with Crippen molar-refractivity contribution < 1.29 is 9.59 Å². The lowest BCUT2D eigenvalue weighted by Gasteiger charge is -2.31. The number of anilines is 1. The van der Waals surface area contributed by atoms with Crippen molar-refractivity contribution in [2.45, 2.75) is 32.7 Å². The van der Waals surface area contributed by atoms with Crippen LogP contribution in [0.4, 0.5) is 5.95 Å². The first-order valence-corrected chi connectivity index (χ1v) is 8.81. The minimum Gasteiger partial charge on any atom is -0.342 e. The summed E-state index contributed by atoms with van der Waals surface area (Å²) < 4.78 is 1.92. The van der Waals surface area contributed by atoms with Crippen LogP contribution in [0.1, 0.15) is 31.7 Å². The summed E-state index contributed by atoms with van der Waals surface area (Å²) in [6.07, 6.45) is 5.69. The van der Waals surface area contributed by atoms with Crippen molar-refractivity contribution >= 4 is 17.8 Å². The molecule has 3 rings (SSSR count). The van der Waals surface area contributed by atoms with Gasteiger partial charge < -0.3 is 9.47 Å². The molecule has 2 heterocycles. The summed E-state index contributed by atoms with van der Waals surface area (Å²) in [4.78, 5) is 30.6. The van der Waals surface area contributed by atoms with Gasteiger partial charge in [0.1, 0.15) is 0 Å². The predicted molar refractivity (Wildman–Crippen MR) is 96.0 cm³/mol. The zero-order valence-electron chi connectivity index (χ0n) is 14.5. The lowest BCUT2D eigenvalue weighted by Crippen LogP contribution is -2.43. The van der Waals surface area contributed by atoms with E-state index in [1.54, 1.807) is 11.1 Å². The first-order valence-electron chi connectivity index (χ1n) is 8.81. The van der Waals surface area contributed by atoms with E-state index in [1.807, 2.05) is 48.0 Å². The number of amides is 2. The molecule has 1 aliphatic heterocycles. The van der Waals surface area contributed by atoms with E-state index < -0.39 is 0 Å². The van der Waals surface area contributed by atoms with Crippen LogP contribution in [0.3, 0.4) is 0 Å². The van der Waals surface area contributed by atoms with Gasteiger partial charge in [-0.2, -0.15) is 0 Å². The van der Waals surface area contributed by atoms with Gasteiger partial charge in [0.15, 0.2) is 0 Å². The number of likely N-dealkylation sites (tertiary alicyclic amines) is 1. The molecule has 2 amide bonds. The molecular weight excluding hydrogens is 316 g/mol. The summed E-state index contributed by atoms with van der Waals surface area (Å²) in [7, 11) is 0. The van der Waals surface area contributed by atoms with E-state index in [2.05, 4.69) is 10.3 Å². The summed E-state index contributed by atoms with van der Waals surface area (Å²) in [5.74, 6) is 0.427. The summed E-state index contributed by atoms with van der Waals surface area (Å²) in [6, 6.07) is 10.0. The highest BCUT2D eigenvalue weighted by Gasteiger charge is 2.28. The second-order valence-electron chi connectivity index (χ2n) is 6.39. The van der Waals surface area contributed by atoms with Gasteiger partial charge in [0.05, 0.1) is 12.5 Å². The van der Waals surface area contributed by atoms with Crippen molar-refractivity contribution in [1.82, 2.24) is 14.5 Å². The highest BCUT2D eigenvalue weighted by Crippen LogP contribution is 2.19. The van der Waals surface area contributed by atoms with Crippen molar-refractivity contribution in [2.24, 2.45) is 5.92 Å². The molecule has 6 heteroatoms. The van der Waals surface area contributed by atoms with Crippen LogP contribution in [0.2, 0.25) is 0 Å². The van der Waals surface area contributed by atoms with Gasteiger partial charge in [-0.3, -0.25) is 14.9 Å². The first-order chi connectivity index (χ1) is 12.2. The van der Waals surface area contributed by atoms with Gasteiger partial charge in [-0.05, 0) is 18.4 Å². The summed E-state index contributed by atoms with van der Waals surface area (Å²) >= 11 is 0. The van der Waals surface area contributed by atoms with Crippen molar-refractivity contribution in [3.63, 3.8) is 0 Å². The Morgan fingerprint density at radius 2 is 2.08 bits per heavy atom. The number of benzene rings is 1. The highest BCUT2D eigenvalue weighted by molar-refractivity contribution is 5.91. The lowest BCUT2D eigenvalue weighted by molar-refractivity contribution is -0.134. The Labute approximate surface area is 147 Å². The predicted octanol–water partition coefficient (Wildman–Crippen LogP) is 2.52. The zero-order valence-corrected chi connectivity index (χ0v) is 14.5. The van der Waals surface area contributed by atoms with Crippen LogP contribution in [0.25, 0.3) is 0 Å². The second-order valence-corrected chi connectivity index (χ2v) is 6.39. The Balaban J connectivity index is 1.63. The molecule has 0 saturated carbocycles. The number of piperidine rings is 1. The van der Waals surface area contributed by atoms with Crippen LogP contribution in [0.15, 0.2) is 42.7 Å². The maximum absolute atomic E-state index is 12.6. The molecule has 0 aliphatic carbocycles. The number of rotatable bonds is 5. The molecular formula is C19H24N4O2. The molecule has 6 nitrogen and oxygen atoms in total. The third kappa shape index (κ3) is 4.26. The molecule has 132 valence electrons. The number of hydrogen-bond acceptors (Lipinski definition) is 3. The lowest BCUT2D eigenvalue weighted by atomic mass is 9.97. The van der Waals surface area contributed by atoms with E-state index in [-0.39, 0.29) is 17.7 Å². The summed E-state index contributed by atoms with van der Waals surface area (Å²) in [6.45, 7) is 3.75. The fraction of sp³-hybridized carbons (Fsp3) is 0.421. The monoisotopic (exact) mass is 340 g/mol. The molecule has 1 atom stereocenters. The van der Waals surface area contributed by atoms with E-state index in [0.717, 1.165) is 24.9 Å². The number of aromatic nitrogens is 2. The minimum absolute atomic E-state index is 0.0610. The van der Waals surface area contributed by atoms with Crippen molar-refractivity contribution in [3.05, 3.63) is 48.3 Å². The van der Waals surface area contributed by atoms with Crippen LogP contribution in [-0.2, 0) is 16.1 Å². The standard InChI is InChI=1S/C19H24N4O2/c1-2-17(24)22-11-6-9-16(14-22)18(25)21-19-20-10-12-23(19)13-15-7-4-3-5-8-15/h3-5,7-8,10,12,16H,2,6,9,11,13-14H2,1H3,(H,20,21,25)/t16-/m1/s1. The Hall–Kier alpha value is -2.63. The van der Waals surface area contributed by atoms with Gasteiger partial charge in [-0.15, -0.1) is 0 Å². The first kappa shape index (κ1) is 17.2. The average Bonchev–Trinajstić information content (AvgIpc) is 3.08. The average molecular weight is 340 g/mol. The van der Waals surface area contributed by atoms with Crippen molar-refractivity contribution in [3.8, 4) is 0 Å². The molecule has 1 N–H and O–H groups in total. The summed E-state index contributed by atoms with van der Waals surface area (Å²) in [5, 5.41) is 2.93. The van der Waals surface area contributed by atoms with E-state index >= 15 is 0 Å². The quantitative estimate of drug-likeness (QED) is 0.909. The molecule has 1 aliphatic rings. The number of carbonyl (C=O) groups excluding carboxylic acids is 2. The third-order valence-electron chi connectivity index (χ3n) is 4.59. The molecule has 1 aromatic heterocycles. The van der Waals surface area contributed by atoms with Gasteiger partial charge in [-0.1, -0.05) is 37.3 Å². The normalized spacial score (nSPS) is 17.3. The Kier molecular flexibility index (Phi) is 5.48. The van der Waals surface area contributed by atoms with Crippen LogP contribution >= 0.6 is 0 Å². The molecule has 2 aromatic rings. The van der Waals surface area contributed by atoms with Crippen molar-refractivity contribution in [2.75, 3.05) is 18.4 Å². The van der Waals surface area contributed by atoms with Crippen LogP contribution in [0.5, 0.6) is 0 Å². The number of hydrogen-bond donors (Lipinski definition) is 1. The second kappa shape index (κ2) is 7.96. The molecule has 25 heavy (non-hydrogen) atoms. The van der Waals surface area contributed by atoms with Crippen LogP contribution in [-0.4, -0.2) is 39.4 Å². The van der Waals surface area contributed by atoms with Crippen LogP contribution < -0.4 is 5.32 Å². The van der Waals surface area contributed by atoms with E-state index in [4.69, 9.17) is 0 Å². The fourth-order valence-electron chi connectivity index (χ4n) is 3.19. The number of imidazole rings is 1. The maximum atomic E-state index is 12.6. The Morgan fingerprint density at radius 3 is 2.84 bits per heavy atom. The third-order valence-corrected chi connectivity index (χ3v) is 4.59. The molecule has 0 unspecified atom stereocenters. The van der Waals surface area contributed by atoms with Gasteiger partial charge >= 0.3 is 0 Å². The zero-order chi connectivity index (χ0) is 17.6. The highest BCUT2D eigenvalue weighted by atomic mass is 16.2. The smallest absolute Gasteiger partial charge is 0.231 e. The molecule has 1 aromatic carbocycles. The van der Waals surface area contributed by atoms with Gasteiger partial charge in [0.25, 0.3) is 0 Å². The van der Waals surface area contributed by atoms with E-state index in [1.165, 1.54) is 0 Å². The van der Waals surface area contributed by atoms with Crippen LogP contribution in [0, 0.1) is 5.92 Å². The number of nitrogens with zero attached hydrogens (tertiary/aromatic N) is 3. The minimum atomic E-state index is -0.175. The Morgan fingerprint density at radius 1 is 1.28 bits per heavy atom. The molecule has 0 radical (unpaired) electrons. The largest absolute Gasteiger partial charge is 0.342 e. The SMILES string of the molecule is CCC(=O)N1CCC[C@@H](C(=O)Nc2nccn2Cc2ccccc2)C1. The molecule has 0 spiro atoms. The van der Waals surface area contributed by atoms with E-state index in [0.29, 0.717) is 25.5 Å². The Bertz CT molecular complexity index is 726. The molecule has 1 saturated heterocycles. The van der Waals surface area contributed by atoms with Crippen molar-refractivity contribution in [1.29, 1.82) is 0 Å². The van der Waals surface area contributed by atoms with Gasteiger partial charge in [-0.25, -0.2) is 4.98 Å². The van der Waals surface area contributed by atoms with E-state index in [9.17, 15) is 9.59 Å². The van der Waals surface area contributed by atoms with Gasteiger partial charge in [0, 0.05) is 31.9 Å². The van der Waals surface area contributed by atoms with Gasteiger partial charge in [0.2, 0.25) is 17.8 Å². The number of carbonyl (C=O) groups is 2. The maximum Gasteiger partial charge on any atom is 0.231 e.